The van der Waals surface area contributed by atoms with Gasteiger partial charge in [0.15, 0.2) is 0 Å². The summed E-state index contributed by atoms with van der Waals surface area (Å²) in [5.41, 5.74) is 0.523. The Morgan fingerprint density at radius 3 is 2.48 bits per heavy atom. The SMILES string of the molecule is CSCC[C@H](NC(=O)c1ccccc1)C(=O)N[C@@H](C)CO. The number of aliphatic hydroxyl groups is 1. The Bertz CT molecular complexity index is 453. The minimum atomic E-state index is -0.598. The summed E-state index contributed by atoms with van der Waals surface area (Å²) >= 11 is 1.61. The second-order valence-corrected chi connectivity index (χ2v) is 5.75. The van der Waals surface area contributed by atoms with Gasteiger partial charge in [0.1, 0.15) is 6.04 Å². The molecule has 3 N–H and O–H groups in total. The molecule has 0 aliphatic rings. The highest BCUT2D eigenvalue weighted by molar-refractivity contribution is 7.98. The first-order valence-electron chi connectivity index (χ1n) is 6.84. The number of hydrogen-bond donors (Lipinski definition) is 3. The zero-order chi connectivity index (χ0) is 15.7. The number of thioether (sulfide) groups is 1. The van der Waals surface area contributed by atoms with Gasteiger partial charge >= 0.3 is 0 Å². The van der Waals surface area contributed by atoms with Crippen molar-refractivity contribution in [1.82, 2.24) is 10.6 Å². The second-order valence-electron chi connectivity index (χ2n) is 4.77. The summed E-state index contributed by atoms with van der Waals surface area (Å²) in [5, 5.41) is 14.4. The molecule has 1 aromatic carbocycles. The summed E-state index contributed by atoms with van der Waals surface area (Å²) in [6.45, 7) is 1.58. The molecule has 0 saturated heterocycles. The molecule has 5 nitrogen and oxygen atoms in total. The number of nitrogens with one attached hydrogen (secondary N) is 2. The highest BCUT2D eigenvalue weighted by Gasteiger charge is 2.22. The molecule has 0 aliphatic heterocycles. The van der Waals surface area contributed by atoms with Crippen molar-refractivity contribution in [2.75, 3.05) is 18.6 Å². The normalized spacial score (nSPS) is 13.3. The average Bonchev–Trinajstić information content (AvgIpc) is 2.51. The van der Waals surface area contributed by atoms with Crippen LogP contribution in [0.15, 0.2) is 30.3 Å². The molecule has 0 saturated carbocycles. The lowest BCUT2D eigenvalue weighted by atomic mass is 10.1. The number of carbonyl (C=O) groups excluding carboxylic acids is 2. The summed E-state index contributed by atoms with van der Waals surface area (Å²) in [7, 11) is 0. The van der Waals surface area contributed by atoms with Crippen molar-refractivity contribution in [1.29, 1.82) is 0 Å². The molecule has 6 heteroatoms. The van der Waals surface area contributed by atoms with Crippen molar-refractivity contribution >= 4 is 23.6 Å². The van der Waals surface area contributed by atoms with Crippen molar-refractivity contribution < 1.29 is 14.7 Å². The molecule has 2 amide bonds. The van der Waals surface area contributed by atoms with Crippen LogP contribution in [0.4, 0.5) is 0 Å². The second kappa shape index (κ2) is 9.41. The molecule has 1 rings (SSSR count). The smallest absolute Gasteiger partial charge is 0.251 e. The van der Waals surface area contributed by atoms with E-state index >= 15 is 0 Å². The molecule has 2 atom stereocenters. The topological polar surface area (TPSA) is 78.4 Å². The number of hydrogen-bond acceptors (Lipinski definition) is 4. The number of amides is 2. The van der Waals surface area contributed by atoms with E-state index in [1.807, 2.05) is 12.3 Å². The number of carbonyl (C=O) groups is 2. The van der Waals surface area contributed by atoms with Crippen LogP contribution in [-0.2, 0) is 4.79 Å². The summed E-state index contributed by atoms with van der Waals surface area (Å²) in [5.74, 6) is 0.226. The van der Waals surface area contributed by atoms with Crippen LogP contribution in [0.1, 0.15) is 23.7 Å². The average molecular weight is 310 g/mol. The maximum absolute atomic E-state index is 12.1. The van der Waals surface area contributed by atoms with Gasteiger partial charge in [-0.3, -0.25) is 9.59 Å². The van der Waals surface area contributed by atoms with Crippen molar-refractivity contribution in [3.8, 4) is 0 Å². The van der Waals surface area contributed by atoms with Gasteiger partial charge in [0, 0.05) is 11.6 Å². The first kappa shape index (κ1) is 17.5. The zero-order valence-corrected chi connectivity index (χ0v) is 13.2. The van der Waals surface area contributed by atoms with E-state index in [4.69, 9.17) is 5.11 Å². The van der Waals surface area contributed by atoms with Crippen LogP contribution in [0.5, 0.6) is 0 Å². The van der Waals surface area contributed by atoms with Gasteiger partial charge < -0.3 is 15.7 Å². The standard InChI is InChI=1S/C15H22N2O3S/c1-11(10-18)16-15(20)13(8-9-21-2)17-14(19)12-6-4-3-5-7-12/h3-7,11,13,18H,8-10H2,1-2H3,(H,16,20)(H,17,19)/t11-,13-/m0/s1. The Balaban J connectivity index is 2.69. The minimum absolute atomic E-state index is 0.131. The van der Waals surface area contributed by atoms with E-state index in [1.54, 1.807) is 43.0 Å². The first-order chi connectivity index (χ1) is 10.1. The lowest BCUT2D eigenvalue weighted by molar-refractivity contribution is -0.123. The maximum atomic E-state index is 12.1. The molecule has 0 radical (unpaired) electrons. The van der Waals surface area contributed by atoms with Crippen molar-refractivity contribution in [2.24, 2.45) is 0 Å². The van der Waals surface area contributed by atoms with E-state index in [0.717, 1.165) is 5.75 Å². The van der Waals surface area contributed by atoms with Crippen LogP contribution < -0.4 is 10.6 Å². The fourth-order valence-corrected chi connectivity index (χ4v) is 2.20. The Kier molecular flexibility index (Phi) is 7.85. The van der Waals surface area contributed by atoms with Gasteiger partial charge in [0.25, 0.3) is 5.91 Å². The first-order valence-corrected chi connectivity index (χ1v) is 8.24. The highest BCUT2D eigenvalue weighted by atomic mass is 32.2. The zero-order valence-electron chi connectivity index (χ0n) is 12.3. The van der Waals surface area contributed by atoms with Gasteiger partial charge in [-0.15, -0.1) is 0 Å². The Morgan fingerprint density at radius 2 is 1.90 bits per heavy atom. The summed E-state index contributed by atoms with van der Waals surface area (Å²) in [6, 6.07) is 7.86. The quantitative estimate of drug-likeness (QED) is 0.670. The summed E-state index contributed by atoms with van der Waals surface area (Å²) < 4.78 is 0. The van der Waals surface area contributed by atoms with E-state index in [2.05, 4.69) is 10.6 Å². The van der Waals surface area contributed by atoms with E-state index in [9.17, 15) is 9.59 Å². The Hall–Kier alpha value is -1.53. The highest BCUT2D eigenvalue weighted by Crippen LogP contribution is 2.04. The predicted molar refractivity (Wildman–Crippen MR) is 85.4 cm³/mol. The molecular formula is C15H22N2O3S. The predicted octanol–water partition coefficient (Wildman–Crippen LogP) is 1.04. The van der Waals surface area contributed by atoms with E-state index < -0.39 is 6.04 Å². The fraction of sp³-hybridized carbons (Fsp3) is 0.467. The molecule has 0 aromatic heterocycles. The van der Waals surface area contributed by atoms with Crippen molar-refractivity contribution in [3.63, 3.8) is 0 Å². The van der Waals surface area contributed by atoms with Gasteiger partial charge in [0.2, 0.25) is 5.91 Å². The lowest BCUT2D eigenvalue weighted by Gasteiger charge is -2.20. The van der Waals surface area contributed by atoms with Crippen LogP contribution in [-0.4, -0.2) is 47.6 Å². The van der Waals surface area contributed by atoms with Crippen LogP contribution in [0.25, 0.3) is 0 Å². The van der Waals surface area contributed by atoms with E-state index in [1.165, 1.54) is 0 Å². The van der Waals surface area contributed by atoms with Gasteiger partial charge in [0.05, 0.1) is 6.61 Å². The molecular weight excluding hydrogens is 288 g/mol. The molecule has 21 heavy (non-hydrogen) atoms. The van der Waals surface area contributed by atoms with Gasteiger partial charge in [-0.05, 0) is 37.5 Å². The third-order valence-electron chi connectivity index (χ3n) is 2.93. The van der Waals surface area contributed by atoms with Crippen molar-refractivity contribution in [2.45, 2.75) is 25.4 Å². The molecule has 0 unspecified atom stereocenters. The van der Waals surface area contributed by atoms with E-state index in [0.29, 0.717) is 12.0 Å². The molecule has 0 heterocycles. The third kappa shape index (κ3) is 6.18. The Morgan fingerprint density at radius 1 is 1.24 bits per heavy atom. The molecule has 0 aliphatic carbocycles. The molecule has 1 aromatic rings. The maximum Gasteiger partial charge on any atom is 0.251 e. The molecule has 0 spiro atoms. The van der Waals surface area contributed by atoms with Crippen LogP contribution in [0.3, 0.4) is 0 Å². The molecule has 0 fully saturated rings. The third-order valence-corrected chi connectivity index (χ3v) is 3.57. The van der Waals surface area contributed by atoms with Gasteiger partial charge in [-0.1, -0.05) is 18.2 Å². The van der Waals surface area contributed by atoms with Crippen LogP contribution in [0.2, 0.25) is 0 Å². The number of aliphatic hydroxyl groups excluding tert-OH is 1. The lowest BCUT2D eigenvalue weighted by Crippen LogP contribution is -2.50. The van der Waals surface area contributed by atoms with Crippen LogP contribution >= 0.6 is 11.8 Å². The summed E-state index contributed by atoms with van der Waals surface area (Å²) in [6.07, 6.45) is 2.49. The van der Waals surface area contributed by atoms with Crippen LogP contribution in [0, 0.1) is 0 Å². The Labute approximate surface area is 129 Å². The van der Waals surface area contributed by atoms with Gasteiger partial charge in [-0.25, -0.2) is 0 Å². The fourth-order valence-electron chi connectivity index (χ4n) is 1.72. The minimum Gasteiger partial charge on any atom is -0.394 e. The largest absolute Gasteiger partial charge is 0.394 e. The number of benzene rings is 1. The molecule has 0 bridgehead atoms. The van der Waals surface area contributed by atoms with E-state index in [-0.39, 0.29) is 24.5 Å². The monoisotopic (exact) mass is 310 g/mol. The van der Waals surface area contributed by atoms with Crippen molar-refractivity contribution in [3.05, 3.63) is 35.9 Å². The number of rotatable bonds is 8. The molecule has 116 valence electrons. The van der Waals surface area contributed by atoms with Gasteiger partial charge in [-0.2, -0.15) is 11.8 Å². The summed E-state index contributed by atoms with van der Waals surface area (Å²) in [4.78, 5) is 24.3.